The fourth-order valence-corrected chi connectivity index (χ4v) is 2.24. The van der Waals surface area contributed by atoms with Crippen LogP contribution < -0.4 is 5.32 Å². The maximum atomic E-state index is 4.58. The Morgan fingerprint density at radius 3 is 2.56 bits per heavy atom. The standard InChI is InChI=1S/C15H29N3/c1-6-12(4)9-13(5)16-11-15-10-14(7-2)17-18(15)8-3/h10,12-13,16H,6-9,11H2,1-5H3. The van der Waals surface area contributed by atoms with Gasteiger partial charge in [-0.25, -0.2) is 0 Å². The zero-order valence-corrected chi connectivity index (χ0v) is 12.7. The lowest BCUT2D eigenvalue weighted by atomic mass is 10.0. The summed E-state index contributed by atoms with van der Waals surface area (Å²) in [7, 11) is 0. The van der Waals surface area contributed by atoms with Gasteiger partial charge in [0.15, 0.2) is 0 Å². The van der Waals surface area contributed by atoms with Crippen LogP contribution in [0.3, 0.4) is 0 Å². The molecule has 0 saturated carbocycles. The fourth-order valence-electron chi connectivity index (χ4n) is 2.24. The number of rotatable bonds is 8. The summed E-state index contributed by atoms with van der Waals surface area (Å²) in [6.07, 6.45) is 3.53. The molecule has 0 saturated heterocycles. The number of aryl methyl sites for hydroxylation is 2. The van der Waals surface area contributed by atoms with E-state index in [-0.39, 0.29) is 0 Å². The Bertz CT molecular complexity index is 344. The van der Waals surface area contributed by atoms with Gasteiger partial charge >= 0.3 is 0 Å². The maximum Gasteiger partial charge on any atom is 0.0625 e. The summed E-state index contributed by atoms with van der Waals surface area (Å²) in [5, 5.41) is 8.19. The predicted octanol–water partition coefficient (Wildman–Crippen LogP) is 3.38. The molecule has 1 aromatic heterocycles. The first-order chi connectivity index (χ1) is 8.60. The number of hydrogen-bond acceptors (Lipinski definition) is 2. The summed E-state index contributed by atoms with van der Waals surface area (Å²) in [5.41, 5.74) is 2.51. The molecule has 0 spiro atoms. The average Bonchev–Trinajstić information content (AvgIpc) is 2.78. The first-order valence-corrected chi connectivity index (χ1v) is 7.39. The summed E-state index contributed by atoms with van der Waals surface area (Å²) in [5.74, 6) is 0.801. The molecule has 1 aromatic rings. The number of hydrogen-bond donors (Lipinski definition) is 1. The van der Waals surface area contributed by atoms with Gasteiger partial charge in [0.1, 0.15) is 0 Å². The molecule has 3 heteroatoms. The molecule has 0 aliphatic carbocycles. The lowest BCUT2D eigenvalue weighted by Gasteiger charge is -2.17. The number of nitrogens with zero attached hydrogens (tertiary/aromatic N) is 2. The highest BCUT2D eigenvalue weighted by atomic mass is 15.3. The zero-order chi connectivity index (χ0) is 13.5. The molecule has 104 valence electrons. The number of nitrogens with one attached hydrogen (secondary N) is 1. The third-order valence-corrected chi connectivity index (χ3v) is 3.66. The van der Waals surface area contributed by atoms with Crippen LogP contribution in [0.4, 0.5) is 0 Å². The molecule has 0 radical (unpaired) electrons. The van der Waals surface area contributed by atoms with E-state index in [4.69, 9.17) is 0 Å². The van der Waals surface area contributed by atoms with Crippen molar-refractivity contribution in [2.45, 2.75) is 73.0 Å². The molecule has 0 aliphatic heterocycles. The van der Waals surface area contributed by atoms with Gasteiger partial charge in [-0.05, 0) is 38.7 Å². The molecular weight excluding hydrogens is 222 g/mol. The Balaban J connectivity index is 2.49. The normalized spacial score (nSPS) is 14.7. The second-order valence-corrected chi connectivity index (χ2v) is 5.33. The van der Waals surface area contributed by atoms with E-state index >= 15 is 0 Å². The Labute approximate surface area is 112 Å². The molecule has 1 rings (SSSR count). The molecule has 0 aromatic carbocycles. The van der Waals surface area contributed by atoms with Crippen LogP contribution in [-0.2, 0) is 19.5 Å². The van der Waals surface area contributed by atoms with Crippen LogP contribution in [0.15, 0.2) is 6.07 Å². The van der Waals surface area contributed by atoms with E-state index in [0.717, 1.165) is 25.4 Å². The first kappa shape index (κ1) is 15.2. The summed E-state index contributed by atoms with van der Waals surface area (Å²) < 4.78 is 2.11. The number of aromatic nitrogens is 2. The van der Waals surface area contributed by atoms with Crippen molar-refractivity contribution < 1.29 is 0 Å². The van der Waals surface area contributed by atoms with E-state index in [0.29, 0.717) is 6.04 Å². The van der Waals surface area contributed by atoms with E-state index in [2.05, 4.69) is 55.8 Å². The second kappa shape index (κ2) is 7.57. The van der Waals surface area contributed by atoms with Crippen LogP contribution in [0, 0.1) is 5.92 Å². The van der Waals surface area contributed by atoms with E-state index in [1.807, 2.05) is 0 Å². The Kier molecular flexibility index (Phi) is 6.41. The fraction of sp³-hybridized carbons (Fsp3) is 0.800. The second-order valence-electron chi connectivity index (χ2n) is 5.33. The lowest BCUT2D eigenvalue weighted by Crippen LogP contribution is -2.28. The minimum Gasteiger partial charge on any atom is -0.309 e. The first-order valence-electron chi connectivity index (χ1n) is 7.39. The SMILES string of the molecule is CCc1cc(CNC(C)CC(C)CC)n(CC)n1. The molecule has 2 atom stereocenters. The van der Waals surface area contributed by atoms with E-state index < -0.39 is 0 Å². The van der Waals surface area contributed by atoms with Gasteiger partial charge < -0.3 is 5.32 Å². The van der Waals surface area contributed by atoms with Gasteiger partial charge in [0.2, 0.25) is 0 Å². The molecule has 3 nitrogen and oxygen atoms in total. The Hall–Kier alpha value is -0.830. The molecule has 0 fully saturated rings. The van der Waals surface area contributed by atoms with Crippen LogP contribution in [0.2, 0.25) is 0 Å². The van der Waals surface area contributed by atoms with Gasteiger partial charge in [-0.3, -0.25) is 4.68 Å². The minimum absolute atomic E-state index is 0.574. The van der Waals surface area contributed by atoms with Gasteiger partial charge in [-0.2, -0.15) is 5.10 Å². The summed E-state index contributed by atoms with van der Waals surface area (Å²) >= 11 is 0. The monoisotopic (exact) mass is 251 g/mol. The smallest absolute Gasteiger partial charge is 0.0625 e. The van der Waals surface area contributed by atoms with Gasteiger partial charge in [0, 0.05) is 19.1 Å². The molecule has 1 N–H and O–H groups in total. The van der Waals surface area contributed by atoms with Crippen molar-refractivity contribution in [1.29, 1.82) is 0 Å². The third-order valence-electron chi connectivity index (χ3n) is 3.66. The van der Waals surface area contributed by atoms with Gasteiger partial charge in [0.05, 0.1) is 11.4 Å². The van der Waals surface area contributed by atoms with Crippen molar-refractivity contribution in [2.75, 3.05) is 0 Å². The van der Waals surface area contributed by atoms with Crippen LogP contribution >= 0.6 is 0 Å². The van der Waals surface area contributed by atoms with Crippen molar-refractivity contribution in [3.05, 3.63) is 17.5 Å². The Morgan fingerprint density at radius 2 is 2.00 bits per heavy atom. The molecule has 0 amide bonds. The van der Waals surface area contributed by atoms with Crippen LogP contribution in [0.1, 0.15) is 58.8 Å². The Morgan fingerprint density at radius 1 is 1.28 bits per heavy atom. The van der Waals surface area contributed by atoms with Crippen molar-refractivity contribution in [2.24, 2.45) is 5.92 Å². The summed E-state index contributed by atoms with van der Waals surface area (Å²) in [6, 6.07) is 2.80. The van der Waals surface area contributed by atoms with Gasteiger partial charge in [-0.15, -0.1) is 0 Å². The average molecular weight is 251 g/mol. The van der Waals surface area contributed by atoms with E-state index in [1.165, 1.54) is 24.2 Å². The molecular formula is C15H29N3. The zero-order valence-electron chi connectivity index (χ0n) is 12.7. The van der Waals surface area contributed by atoms with Crippen molar-refractivity contribution >= 4 is 0 Å². The summed E-state index contributed by atoms with van der Waals surface area (Å²) in [4.78, 5) is 0. The highest BCUT2D eigenvalue weighted by molar-refractivity contribution is 5.10. The topological polar surface area (TPSA) is 29.9 Å². The minimum atomic E-state index is 0.574. The molecule has 0 bridgehead atoms. The highest BCUT2D eigenvalue weighted by Crippen LogP contribution is 2.11. The van der Waals surface area contributed by atoms with E-state index in [1.54, 1.807) is 0 Å². The maximum absolute atomic E-state index is 4.58. The van der Waals surface area contributed by atoms with Gasteiger partial charge in [-0.1, -0.05) is 27.2 Å². The third kappa shape index (κ3) is 4.45. The van der Waals surface area contributed by atoms with Crippen LogP contribution in [0.5, 0.6) is 0 Å². The molecule has 0 aliphatic rings. The molecule has 2 unspecified atom stereocenters. The van der Waals surface area contributed by atoms with Crippen LogP contribution in [-0.4, -0.2) is 15.8 Å². The van der Waals surface area contributed by atoms with Crippen molar-refractivity contribution in [3.8, 4) is 0 Å². The van der Waals surface area contributed by atoms with E-state index in [9.17, 15) is 0 Å². The molecule has 18 heavy (non-hydrogen) atoms. The van der Waals surface area contributed by atoms with Crippen molar-refractivity contribution in [1.82, 2.24) is 15.1 Å². The van der Waals surface area contributed by atoms with Gasteiger partial charge in [0.25, 0.3) is 0 Å². The predicted molar refractivity (Wildman–Crippen MR) is 77.7 cm³/mol. The lowest BCUT2D eigenvalue weighted by molar-refractivity contribution is 0.406. The largest absolute Gasteiger partial charge is 0.309 e. The molecule has 1 heterocycles. The van der Waals surface area contributed by atoms with Crippen LogP contribution in [0.25, 0.3) is 0 Å². The van der Waals surface area contributed by atoms with Crippen molar-refractivity contribution in [3.63, 3.8) is 0 Å². The highest BCUT2D eigenvalue weighted by Gasteiger charge is 2.09. The summed E-state index contributed by atoms with van der Waals surface area (Å²) in [6.45, 7) is 13.1. The quantitative estimate of drug-likeness (QED) is 0.767.